The summed E-state index contributed by atoms with van der Waals surface area (Å²) in [5, 5.41) is 9.21. The number of carboxylic acid groups (broad SMARTS) is 1. The minimum absolute atomic E-state index is 0.177. The molecule has 4 heteroatoms. The van der Waals surface area contributed by atoms with Gasteiger partial charge >= 0.3 is 5.97 Å². The summed E-state index contributed by atoms with van der Waals surface area (Å²) < 4.78 is 0. The fourth-order valence-electron chi connectivity index (χ4n) is 2.92. The lowest BCUT2D eigenvalue weighted by Crippen LogP contribution is -2.26. The first kappa shape index (κ1) is 13.8. The third kappa shape index (κ3) is 3.46. The lowest BCUT2D eigenvalue weighted by Gasteiger charge is -2.23. The molecule has 104 valence electrons. The topological polar surface area (TPSA) is 53.4 Å². The van der Waals surface area contributed by atoms with Crippen LogP contribution < -0.4 is 4.90 Å². The lowest BCUT2D eigenvalue weighted by molar-refractivity contribution is 0.0691. The Morgan fingerprint density at radius 1 is 1.47 bits per heavy atom. The first-order chi connectivity index (χ1) is 9.22. The molecule has 19 heavy (non-hydrogen) atoms. The van der Waals surface area contributed by atoms with Crippen LogP contribution in [-0.2, 0) is 0 Å². The first-order valence-electron chi connectivity index (χ1n) is 7.15. The summed E-state index contributed by atoms with van der Waals surface area (Å²) >= 11 is 0. The molecule has 1 atom stereocenters. The van der Waals surface area contributed by atoms with E-state index in [-0.39, 0.29) is 5.69 Å². The second-order valence-electron chi connectivity index (χ2n) is 5.25. The van der Waals surface area contributed by atoms with Crippen LogP contribution in [0.15, 0.2) is 18.3 Å². The second kappa shape index (κ2) is 6.55. The SMILES string of the molecule is CCCC1CCCN(c2cccnc2C(=O)O)CC1. The van der Waals surface area contributed by atoms with Crippen molar-refractivity contribution in [3.63, 3.8) is 0 Å². The molecule has 1 aromatic rings. The highest BCUT2D eigenvalue weighted by Crippen LogP contribution is 2.26. The average Bonchev–Trinajstić information content (AvgIpc) is 2.65. The van der Waals surface area contributed by atoms with Gasteiger partial charge in [-0.25, -0.2) is 9.78 Å². The standard InChI is InChI=1S/C15H22N2O2/c1-2-5-12-6-4-10-17(11-8-12)13-7-3-9-16-14(13)15(18)19/h3,7,9,12H,2,4-6,8,10-11H2,1H3,(H,18,19). The lowest BCUT2D eigenvalue weighted by atomic mass is 9.96. The van der Waals surface area contributed by atoms with E-state index in [9.17, 15) is 9.90 Å². The molecule has 0 saturated carbocycles. The molecule has 2 heterocycles. The number of aromatic nitrogens is 1. The molecule has 0 aromatic carbocycles. The number of rotatable bonds is 4. The van der Waals surface area contributed by atoms with Gasteiger partial charge in [-0.2, -0.15) is 0 Å². The predicted octanol–water partition coefficient (Wildman–Crippen LogP) is 3.19. The van der Waals surface area contributed by atoms with Gasteiger partial charge in [0, 0.05) is 19.3 Å². The summed E-state index contributed by atoms with van der Waals surface area (Å²) in [5.74, 6) is -0.148. The van der Waals surface area contributed by atoms with E-state index in [1.807, 2.05) is 12.1 Å². The Hall–Kier alpha value is -1.58. The van der Waals surface area contributed by atoms with Gasteiger partial charge in [-0.15, -0.1) is 0 Å². The molecule has 1 aromatic heterocycles. The highest BCUT2D eigenvalue weighted by Gasteiger charge is 2.21. The van der Waals surface area contributed by atoms with Crippen molar-refractivity contribution in [2.24, 2.45) is 5.92 Å². The summed E-state index contributed by atoms with van der Waals surface area (Å²) in [6.07, 6.45) is 7.61. The molecule has 1 saturated heterocycles. The number of carbonyl (C=O) groups is 1. The molecule has 0 spiro atoms. The Balaban J connectivity index is 2.12. The number of anilines is 1. The molecule has 2 rings (SSSR count). The van der Waals surface area contributed by atoms with Crippen LogP contribution in [-0.4, -0.2) is 29.1 Å². The van der Waals surface area contributed by atoms with E-state index >= 15 is 0 Å². The Bertz CT molecular complexity index is 434. The highest BCUT2D eigenvalue weighted by molar-refractivity contribution is 5.92. The van der Waals surface area contributed by atoms with Gasteiger partial charge in [0.25, 0.3) is 0 Å². The van der Waals surface area contributed by atoms with Gasteiger partial charge < -0.3 is 10.0 Å². The molecule has 4 nitrogen and oxygen atoms in total. The van der Waals surface area contributed by atoms with Crippen LogP contribution in [0.3, 0.4) is 0 Å². The molecular weight excluding hydrogens is 240 g/mol. The fourth-order valence-corrected chi connectivity index (χ4v) is 2.92. The van der Waals surface area contributed by atoms with Crippen molar-refractivity contribution in [1.82, 2.24) is 4.98 Å². The quantitative estimate of drug-likeness (QED) is 0.905. The van der Waals surface area contributed by atoms with Gasteiger partial charge in [0.05, 0.1) is 5.69 Å². The molecule has 1 unspecified atom stereocenters. The summed E-state index contributed by atoms with van der Waals surface area (Å²) in [5.41, 5.74) is 0.948. The van der Waals surface area contributed by atoms with Gasteiger partial charge in [0.15, 0.2) is 5.69 Å². The number of hydrogen-bond donors (Lipinski definition) is 1. The predicted molar refractivity (Wildman–Crippen MR) is 75.7 cm³/mol. The van der Waals surface area contributed by atoms with Crippen molar-refractivity contribution in [2.45, 2.75) is 39.0 Å². The molecular formula is C15H22N2O2. The van der Waals surface area contributed by atoms with Crippen LogP contribution in [0.4, 0.5) is 5.69 Å². The van der Waals surface area contributed by atoms with Crippen LogP contribution in [0.1, 0.15) is 49.5 Å². The molecule has 0 radical (unpaired) electrons. The van der Waals surface area contributed by atoms with Crippen LogP contribution >= 0.6 is 0 Å². The van der Waals surface area contributed by atoms with E-state index in [0.29, 0.717) is 0 Å². The van der Waals surface area contributed by atoms with Crippen molar-refractivity contribution in [3.8, 4) is 0 Å². The summed E-state index contributed by atoms with van der Waals surface area (Å²) in [4.78, 5) is 17.4. The van der Waals surface area contributed by atoms with E-state index in [1.165, 1.54) is 19.3 Å². The van der Waals surface area contributed by atoms with E-state index in [1.54, 1.807) is 6.20 Å². The highest BCUT2D eigenvalue weighted by atomic mass is 16.4. The van der Waals surface area contributed by atoms with Gasteiger partial charge in [-0.1, -0.05) is 19.8 Å². The number of pyridine rings is 1. The normalized spacial score (nSPS) is 20.1. The molecule has 1 fully saturated rings. The van der Waals surface area contributed by atoms with Crippen LogP contribution in [0, 0.1) is 5.92 Å². The van der Waals surface area contributed by atoms with E-state index in [4.69, 9.17) is 0 Å². The number of nitrogens with zero attached hydrogens (tertiary/aromatic N) is 2. The van der Waals surface area contributed by atoms with Crippen molar-refractivity contribution in [2.75, 3.05) is 18.0 Å². The molecule has 0 amide bonds. The zero-order valence-electron chi connectivity index (χ0n) is 11.5. The zero-order valence-corrected chi connectivity index (χ0v) is 11.5. The summed E-state index contributed by atoms with van der Waals surface area (Å²) in [6, 6.07) is 3.69. The largest absolute Gasteiger partial charge is 0.476 e. The first-order valence-corrected chi connectivity index (χ1v) is 7.15. The number of carboxylic acids is 1. The fraction of sp³-hybridized carbons (Fsp3) is 0.600. The summed E-state index contributed by atoms with van der Waals surface area (Å²) in [6.45, 7) is 4.11. The van der Waals surface area contributed by atoms with Crippen LogP contribution in [0.2, 0.25) is 0 Å². The third-order valence-corrected chi connectivity index (χ3v) is 3.87. The minimum Gasteiger partial charge on any atom is -0.476 e. The Kier molecular flexibility index (Phi) is 4.77. The van der Waals surface area contributed by atoms with Gasteiger partial charge in [0.2, 0.25) is 0 Å². The number of hydrogen-bond acceptors (Lipinski definition) is 3. The zero-order chi connectivity index (χ0) is 13.7. The van der Waals surface area contributed by atoms with Crippen LogP contribution in [0.25, 0.3) is 0 Å². The maximum Gasteiger partial charge on any atom is 0.356 e. The van der Waals surface area contributed by atoms with E-state index in [2.05, 4.69) is 16.8 Å². The number of aromatic carboxylic acids is 1. The smallest absolute Gasteiger partial charge is 0.356 e. The Morgan fingerprint density at radius 2 is 2.32 bits per heavy atom. The molecule has 1 aliphatic heterocycles. The van der Waals surface area contributed by atoms with Crippen molar-refractivity contribution >= 4 is 11.7 Å². The average molecular weight is 262 g/mol. The Morgan fingerprint density at radius 3 is 3.05 bits per heavy atom. The van der Waals surface area contributed by atoms with Gasteiger partial charge in [0.1, 0.15) is 0 Å². The third-order valence-electron chi connectivity index (χ3n) is 3.87. The van der Waals surface area contributed by atoms with Crippen LogP contribution in [0.5, 0.6) is 0 Å². The van der Waals surface area contributed by atoms with Crippen molar-refractivity contribution in [1.29, 1.82) is 0 Å². The maximum atomic E-state index is 11.2. The van der Waals surface area contributed by atoms with Crippen molar-refractivity contribution in [3.05, 3.63) is 24.0 Å². The molecule has 0 aliphatic carbocycles. The minimum atomic E-state index is -0.940. The molecule has 1 N–H and O–H groups in total. The Labute approximate surface area is 114 Å². The van der Waals surface area contributed by atoms with E-state index < -0.39 is 5.97 Å². The monoisotopic (exact) mass is 262 g/mol. The maximum absolute atomic E-state index is 11.2. The molecule has 0 bridgehead atoms. The van der Waals surface area contributed by atoms with Gasteiger partial charge in [-0.05, 0) is 37.3 Å². The van der Waals surface area contributed by atoms with Crippen molar-refractivity contribution < 1.29 is 9.90 Å². The summed E-state index contributed by atoms with van der Waals surface area (Å²) in [7, 11) is 0. The van der Waals surface area contributed by atoms with E-state index in [0.717, 1.165) is 37.5 Å². The second-order valence-corrected chi connectivity index (χ2v) is 5.25. The molecule has 1 aliphatic rings. The van der Waals surface area contributed by atoms with Gasteiger partial charge in [-0.3, -0.25) is 0 Å².